The second kappa shape index (κ2) is 7.80. The summed E-state index contributed by atoms with van der Waals surface area (Å²) in [7, 11) is 0. The fourth-order valence-corrected chi connectivity index (χ4v) is 2.95. The molecule has 1 N–H and O–H groups in total. The summed E-state index contributed by atoms with van der Waals surface area (Å²) >= 11 is 2.36. The first kappa shape index (κ1) is 16.3. The largest absolute Gasteiger partial charge is 0.491 e. The van der Waals surface area contributed by atoms with Gasteiger partial charge in [-0.3, -0.25) is 0 Å². The number of ether oxygens (including phenoxy) is 1. The summed E-state index contributed by atoms with van der Waals surface area (Å²) in [6, 6.07) is 17.1. The van der Waals surface area contributed by atoms with Gasteiger partial charge in [0.25, 0.3) is 0 Å². The molecule has 0 aliphatic carbocycles. The smallest absolute Gasteiger partial charge is 0.124 e. The van der Waals surface area contributed by atoms with Crippen LogP contribution in [0.3, 0.4) is 0 Å². The molecule has 0 amide bonds. The lowest BCUT2D eigenvalue weighted by molar-refractivity contribution is 0.238. The quantitative estimate of drug-likeness (QED) is 0.711. The molecule has 0 fully saturated rings. The second-order valence-corrected chi connectivity index (χ2v) is 6.50. The van der Waals surface area contributed by atoms with Crippen LogP contribution in [0.4, 0.5) is 0 Å². The average Bonchev–Trinajstić information content (AvgIpc) is 2.45. The zero-order chi connectivity index (χ0) is 15.2. The van der Waals surface area contributed by atoms with Crippen molar-refractivity contribution in [2.45, 2.75) is 32.9 Å². The topological polar surface area (TPSA) is 21.3 Å². The molecule has 3 heteroatoms. The number of hydrogen-bond donors (Lipinski definition) is 1. The van der Waals surface area contributed by atoms with Crippen molar-refractivity contribution < 1.29 is 4.74 Å². The van der Waals surface area contributed by atoms with Crippen LogP contribution >= 0.6 is 22.6 Å². The van der Waals surface area contributed by atoms with E-state index in [4.69, 9.17) is 4.74 Å². The van der Waals surface area contributed by atoms with Crippen molar-refractivity contribution in [2.24, 2.45) is 0 Å². The summed E-state index contributed by atoms with van der Waals surface area (Å²) in [5.41, 5.74) is 2.46. The van der Waals surface area contributed by atoms with Crippen molar-refractivity contribution in [1.29, 1.82) is 0 Å². The standard InChI is InChI=1S/C18H22INO/c1-4-20-18(14-8-7-9-15(19)12-14)16-10-5-6-11-17(16)21-13(2)3/h5-13,18,20H,4H2,1-3H3. The van der Waals surface area contributed by atoms with E-state index >= 15 is 0 Å². The average molecular weight is 395 g/mol. The molecule has 0 saturated carbocycles. The summed E-state index contributed by atoms with van der Waals surface area (Å²) in [6.07, 6.45) is 0.171. The predicted molar refractivity (Wildman–Crippen MR) is 96.9 cm³/mol. The first-order valence-electron chi connectivity index (χ1n) is 7.36. The molecule has 1 atom stereocenters. The maximum atomic E-state index is 5.98. The number of hydrogen-bond acceptors (Lipinski definition) is 2. The van der Waals surface area contributed by atoms with Crippen LogP contribution in [0.5, 0.6) is 5.75 Å². The third kappa shape index (κ3) is 4.45. The van der Waals surface area contributed by atoms with E-state index in [1.54, 1.807) is 0 Å². The van der Waals surface area contributed by atoms with Crippen LogP contribution in [0.2, 0.25) is 0 Å². The van der Waals surface area contributed by atoms with Crippen molar-refractivity contribution in [3.8, 4) is 5.75 Å². The van der Waals surface area contributed by atoms with Crippen LogP contribution in [0.1, 0.15) is 37.9 Å². The first-order chi connectivity index (χ1) is 10.1. The van der Waals surface area contributed by atoms with Gasteiger partial charge in [-0.2, -0.15) is 0 Å². The van der Waals surface area contributed by atoms with Gasteiger partial charge in [-0.05, 0) is 66.7 Å². The van der Waals surface area contributed by atoms with Crippen LogP contribution in [-0.4, -0.2) is 12.6 Å². The Hall–Kier alpha value is -1.07. The Labute approximate surface area is 141 Å². The summed E-state index contributed by atoms with van der Waals surface area (Å²) in [5, 5.41) is 3.57. The second-order valence-electron chi connectivity index (χ2n) is 5.25. The molecular formula is C18H22INO. The summed E-state index contributed by atoms with van der Waals surface area (Å²) in [5.74, 6) is 0.956. The Bertz CT molecular complexity index is 583. The van der Waals surface area contributed by atoms with Crippen LogP contribution < -0.4 is 10.1 Å². The lowest BCUT2D eigenvalue weighted by Crippen LogP contribution is -2.23. The molecule has 1 unspecified atom stereocenters. The molecule has 0 heterocycles. The molecule has 0 aromatic heterocycles. The third-order valence-corrected chi connectivity index (χ3v) is 3.85. The monoisotopic (exact) mass is 395 g/mol. The van der Waals surface area contributed by atoms with Gasteiger partial charge in [0, 0.05) is 9.13 Å². The van der Waals surface area contributed by atoms with E-state index < -0.39 is 0 Å². The van der Waals surface area contributed by atoms with Gasteiger partial charge in [0.15, 0.2) is 0 Å². The van der Waals surface area contributed by atoms with E-state index in [2.05, 4.69) is 85.1 Å². The summed E-state index contributed by atoms with van der Waals surface area (Å²) in [6.45, 7) is 7.16. The third-order valence-electron chi connectivity index (χ3n) is 3.18. The summed E-state index contributed by atoms with van der Waals surface area (Å²) in [4.78, 5) is 0. The van der Waals surface area contributed by atoms with Crippen LogP contribution in [-0.2, 0) is 0 Å². The van der Waals surface area contributed by atoms with Gasteiger partial charge in [-0.25, -0.2) is 0 Å². The maximum Gasteiger partial charge on any atom is 0.124 e. The predicted octanol–water partition coefficient (Wildman–Crippen LogP) is 4.78. The van der Waals surface area contributed by atoms with Crippen molar-refractivity contribution >= 4 is 22.6 Å². The Morgan fingerprint density at radius 2 is 1.86 bits per heavy atom. The molecule has 0 saturated heterocycles. The van der Waals surface area contributed by atoms with Gasteiger partial charge < -0.3 is 10.1 Å². The fraction of sp³-hybridized carbons (Fsp3) is 0.333. The Morgan fingerprint density at radius 1 is 1.10 bits per heavy atom. The fourth-order valence-electron chi connectivity index (χ4n) is 2.38. The van der Waals surface area contributed by atoms with E-state index in [1.807, 2.05) is 12.1 Å². The lowest BCUT2D eigenvalue weighted by atomic mass is 9.97. The SMILES string of the molecule is CCNC(c1cccc(I)c1)c1ccccc1OC(C)C. The first-order valence-corrected chi connectivity index (χ1v) is 8.44. The zero-order valence-corrected chi connectivity index (χ0v) is 14.9. The van der Waals surface area contributed by atoms with Gasteiger partial charge in [0.05, 0.1) is 12.1 Å². The van der Waals surface area contributed by atoms with Crippen LogP contribution in [0.25, 0.3) is 0 Å². The Kier molecular flexibility index (Phi) is 6.06. The molecular weight excluding hydrogens is 373 g/mol. The van der Waals surface area contributed by atoms with Gasteiger partial charge >= 0.3 is 0 Å². The van der Waals surface area contributed by atoms with E-state index in [1.165, 1.54) is 14.7 Å². The maximum absolute atomic E-state index is 5.98. The Balaban J connectivity index is 2.43. The van der Waals surface area contributed by atoms with E-state index in [9.17, 15) is 0 Å². The van der Waals surface area contributed by atoms with Gasteiger partial charge in [0.1, 0.15) is 5.75 Å². The highest BCUT2D eigenvalue weighted by atomic mass is 127. The zero-order valence-electron chi connectivity index (χ0n) is 12.8. The van der Waals surface area contributed by atoms with Crippen LogP contribution in [0.15, 0.2) is 48.5 Å². The number of para-hydroxylation sites is 1. The van der Waals surface area contributed by atoms with Gasteiger partial charge in [-0.1, -0.05) is 37.3 Å². The van der Waals surface area contributed by atoms with Gasteiger partial charge in [0.2, 0.25) is 0 Å². The molecule has 0 bridgehead atoms. The molecule has 2 aromatic rings. The minimum atomic E-state index is 0.152. The number of benzene rings is 2. The molecule has 0 radical (unpaired) electrons. The highest BCUT2D eigenvalue weighted by Gasteiger charge is 2.18. The van der Waals surface area contributed by atoms with Crippen molar-refractivity contribution in [1.82, 2.24) is 5.32 Å². The molecule has 0 spiro atoms. The molecule has 0 aliphatic rings. The minimum absolute atomic E-state index is 0.152. The van der Waals surface area contributed by atoms with Crippen molar-refractivity contribution in [3.05, 3.63) is 63.2 Å². The normalized spacial score (nSPS) is 12.4. The van der Waals surface area contributed by atoms with E-state index in [0.717, 1.165) is 12.3 Å². The Morgan fingerprint density at radius 3 is 2.52 bits per heavy atom. The molecule has 2 rings (SSSR count). The van der Waals surface area contributed by atoms with Crippen LogP contribution in [0, 0.1) is 3.57 Å². The highest BCUT2D eigenvalue weighted by Crippen LogP contribution is 2.31. The molecule has 2 nitrogen and oxygen atoms in total. The number of halogens is 1. The summed E-state index contributed by atoms with van der Waals surface area (Å²) < 4.78 is 7.23. The number of nitrogens with one attached hydrogen (secondary N) is 1. The van der Waals surface area contributed by atoms with Crippen molar-refractivity contribution in [2.75, 3.05) is 6.54 Å². The number of rotatable bonds is 6. The highest BCUT2D eigenvalue weighted by molar-refractivity contribution is 14.1. The lowest BCUT2D eigenvalue weighted by Gasteiger charge is -2.23. The molecule has 0 aliphatic heterocycles. The molecule has 2 aromatic carbocycles. The molecule has 21 heavy (non-hydrogen) atoms. The van der Waals surface area contributed by atoms with Crippen molar-refractivity contribution in [3.63, 3.8) is 0 Å². The minimum Gasteiger partial charge on any atom is -0.491 e. The molecule has 112 valence electrons. The van der Waals surface area contributed by atoms with E-state index in [0.29, 0.717) is 0 Å². The van der Waals surface area contributed by atoms with E-state index in [-0.39, 0.29) is 12.1 Å². The van der Waals surface area contributed by atoms with Gasteiger partial charge in [-0.15, -0.1) is 0 Å².